The Hall–Kier alpha value is -2.49. The summed E-state index contributed by atoms with van der Waals surface area (Å²) in [7, 11) is 0. The second kappa shape index (κ2) is 16.6. The van der Waals surface area contributed by atoms with Crippen LogP contribution in [0.1, 0.15) is 33.6 Å². The summed E-state index contributed by atoms with van der Waals surface area (Å²) in [4.78, 5) is 49.5. The van der Waals surface area contributed by atoms with Crippen LogP contribution in [0.15, 0.2) is 0 Å². The Morgan fingerprint density at radius 1 is 1.14 bits per heavy atom. The van der Waals surface area contributed by atoms with Crippen LogP contribution in [0.4, 0.5) is 0 Å². The van der Waals surface area contributed by atoms with E-state index in [0.29, 0.717) is 0 Å². The lowest BCUT2D eigenvalue weighted by molar-refractivity contribution is -0.161. The maximum Gasteiger partial charge on any atom is 0.344 e. The topological polar surface area (TPSA) is 164 Å². The quantitative estimate of drug-likeness (QED) is 0.331. The first-order valence-electron chi connectivity index (χ1n) is 5.98. The molecule has 3 N–H and O–H groups in total. The highest BCUT2D eigenvalue weighted by Gasteiger charge is 2.12. The molecule has 0 spiro atoms. The number of carboxylic acids is 2. The largest absolute Gasteiger partial charge is 0.481 e. The van der Waals surface area contributed by atoms with Gasteiger partial charge < -0.3 is 24.8 Å². The van der Waals surface area contributed by atoms with Crippen LogP contribution < -0.4 is 0 Å². The highest BCUT2D eigenvalue weighted by molar-refractivity contribution is 5.80. The van der Waals surface area contributed by atoms with Crippen molar-refractivity contribution >= 4 is 30.3 Å². The van der Waals surface area contributed by atoms with E-state index in [9.17, 15) is 24.0 Å². The molecular formula is C12H20O10. The van der Waals surface area contributed by atoms with Crippen LogP contribution in [0, 0.1) is 0 Å². The number of aliphatic hydroxyl groups is 1. The number of carboxylic acid groups (broad SMARTS) is 2. The summed E-state index contributed by atoms with van der Waals surface area (Å²) < 4.78 is 8.08. The number of aliphatic carboxylic acids is 2. The molecule has 0 heterocycles. The fourth-order valence-electron chi connectivity index (χ4n) is 0.621. The molecule has 0 amide bonds. The Kier molecular flexibility index (Phi) is 18.5. The van der Waals surface area contributed by atoms with Gasteiger partial charge in [0, 0.05) is 13.5 Å². The Bertz CT molecular complexity index is 363. The SMILES string of the molecule is CC(=O)OC(C)C(=O)O.CCO.O=COC(=O)CCC(=O)O. The van der Waals surface area contributed by atoms with Gasteiger partial charge in [0.2, 0.25) is 0 Å². The second-order valence-electron chi connectivity index (χ2n) is 3.39. The van der Waals surface area contributed by atoms with E-state index in [1.54, 1.807) is 6.92 Å². The number of aliphatic hydroxyl groups excluding tert-OH is 1. The smallest absolute Gasteiger partial charge is 0.344 e. The molecular weight excluding hydrogens is 304 g/mol. The van der Waals surface area contributed by atoms with Gasteiger partial charge >= 0.3 is 30.3 Å². The van der Waals surface area contributed by atoms with Gasteiger partial charge in [0.05, 0.1) is 12.8 Å². The molecule has 0 radical (unpaired) electrons. The standard InChI is InChI=1S/C5H6O5.C5H8O4.C2H6O/c6-3-10-5(9)2-1-4(7)8;1-3(5(7)8)9-4(2)6;1-2-3/h3H,1-2H2,(H,7,8);3H,1-2H3,(H,7,8);3H,2H2,1H3. The van der Waals surface area contributed by atoms with Crippen molar-refractivity contribution in [2.24, 2.45) is 0 Å². The predicted octanol–water partition coefficient (Wildman–Crippen LogP) is -0.428. The van der Waals surface area contributed by atoms with Gasteiger partial charge in [0.1, 0.15) is 0 Å². The van der Waals surface area contributed by atoms with Gasteiger partial charge in [-0.05, 0) is 13.8 Å². The number of rotatable bonds is 6. The summed E-state index contributed by atoms with van der Waals surface area (Å²) in [6, 6.07) is 0. The van der Waals surface area contributed by atoms with E-state index in [0.717, 1.165) is 0 Å². The van der Waals surface area contributed by atoms with Crippen LogP contribution in [0.5, 0.6) is 0 Å². The van der Waals surface area contributed by atoms with E-state index in [1.807, 2.05) is 0 Å². The zero-order chi connectivity index (χ0) is 18.1. The average molecular weight is 324 g/mol. The van der Waals surface area contributed by atoms with E-state index in [-0.39, 0.29) is 25.9 Å². The van der Waals surface area contributed by atoms with Crippen LogP contribution in [-0.4, -0.2) is 58.4 Å². The number of carbonyl (C=O) groups excluding carboxylic acids is 3. The highest BCUT2D eigenvalue weighted by atomic mass is 16.6. The van der Waals surface area contributed by atoms with Crippen LogP contribution >= 0.6 is 0 Å². The van der Waals surface area contributed by atoms with Crippen LogP contribution in [-0.2, 0) is 33.4 Å². The number of esters is 2. The molecule has 10 nitrogen and oxygen atoms in total. The van der Waals surface area contributed by atoms with Crippen LogP contribution in [0.25, 0.3) is 0 Å². The molecule has 0 saturated carbocycles. The van der Waals surface area contributed by atoms with E-state index >= 15 is 0 Å². The normalized spacial score (nSPS) is 9.64. The molecule has 0 aromatic carbocycles. The Labute approximate surface area is 126 Å². The Morgan fingerprint density at radius 2 is 1.59 bits per heavy atom. The van der Waals surface area contributed by atoms with Crippen molar-refractivity contribution in [2.75, 3.05) is 6.61 Å². The van der Waals surface area contributed by atoms with Crippen molar-refractivity contribution in [1.82, 2.24) is 0 Å². The molecule has 22 heavy (non-hydrogen) atoms. The third-order valence-corrected chi connectivity index (χ3v) is 1.41. The molecule has 0 aromatic heterocycles. The first-order valence-corrected chi connectivity index (χ1v) is 5.98. The summed E-state index contributed by atoms with van der Waals surface area (Å²) in [6.07, 6.45) is -1.62. The van der Waals surface area contributed by atoms with Crippen molar-refractivity contribution in [2.45, 2.75) is 39.7 Å². The zero-order valence-electron chi connectivity index (χ0n) is 12.5. The van der Waals surface area contributed by atoms with E-state index < -0.39 is 30.0 Å². The maximum atomic E-state index is 10.2. The molecule has 0 aromatic rings. The van der Waals surface area contributed by atoms with E-state index in [4.69, 9.17) is 15.3 Å². The first kappa shape index (κ1) is 24.5. The third-order valence-electron chi connectivity index (χ3n) is 1.41. The molecule has 0 bridgehead atoms. The number of carbonyl (C=O) groups is 5. The fraction of sp³-hybridized carbons (Fsp3) is 0.583. The average Bonchev–Trinajstić information content (AvgIpc) is 2.37. The summed E-state index contributed by atoms with van der Waals surface area (Å²) in [6.45, 7) is 4.37. The molecule has 0 rings (SSSR count). The van der Waals surface area contributed by atoms with Crippen LogP contribution in [0.3, 0.4) is 0 Å². The van der Waals surface area contributed by atoms with Crippen molar-refractivity contribution < 1.29 is 48.8 Å². The molecule has 0 fully saturated rings. The fourth-order valence-corrected chi connectivity index (χ4v) is 0.621. The van der Waals surface area contributed by atoms with Gasteiger partial charge in [-0.3, -0.25) is 19.2 Å². The Balaban J connectivity index is -0.000000279. The van der Waals surface area contributed by atoms with Gasteiger partial charge in [-0.2, -0.15) is 0 Å². The van der Waals surface area contributed by atoms with Gasteiger partial charge in [0.15, 0.2) is 6.10 Å². The second-order valence-corrected chi connectivity index (χ2v) is 3.39. The van der Waals surface area contributed by atoms with Gasteiger partial charge in [-0.25, -0.2) is 4.79 Å². The minimum absolute atomic E-state index is 0.0236. The lowest BCUT2D eigenvalue weighted by Gasteiger charge is -2.04. The lowest BCUT2D eigenvalue weighted by atomic mass is 10.3. The summed E-state index contributed by atoms with van der Waals surface area (Å²) in [5.41, 5.74) is 0. The number of hydrogen-bond donors (Lipinski definition) is 3. The number of hydrogen-bond acceptors (Lipinski definition) is 8. The predicted molar refractivity (Wildman–Crippen MR) is 70.6 cm³/mol. The highest BCUT2D eigenvalue weighted by Crippen LogP contribution is 1.90. The molecule has 0 saturated heterocycles. The van der Waals surface area contributed by atoms with Crippen molar-refractivity contribution in [3.05, 3.63) is 0 Å². The molecule has 0 aliphatic rings. The summed E-state index contributed by atoms with van der Waals surface area (Å²) >= 11 is 0. The van der Waals surface area contributed by atoms with Crippen molar-refractivity contribution in [3.8, 4) is 0 Å². The van der Waals surface area contributed by atoms with E-state index in [1.165, 1.54) is 13.8 Å². The zero-order valence-corrected chi connectivity index (χ0v) is 12.5. The molecule has 128 valence electrons. The van der Waals surface area contributed by atoms with Gasteiger partial charge in [-0.15, -0.1) is 0 Å². The molecule has 10 heteroatoms. The molecule has 1 atom stereocenters. The number of ether oxygens (including phenoxy) is 2. The summed E-state index contributed by atoms with van der Waals surface area (Å²) in [5, 5.41) is 23.8. The minimum atomic E-state index is -1.13. The molecule has 0 aliphatic carbocycles. The van der Waals surface area contributed by atoms with Crippen molar-refractivity contribution in [3.63, 3.8) is 0 Å². The van der Waals surface area contributed by atoms with Crippen LogP contribution in [0.2, 0.25) is 0 Å². The maximum absolute atomic E-state index is 10.2. The third kappa shape index (κ3) is 26.1. The van der Waals surface area contributed by atoms with Gasteiger partial charge in [0.25, 0.3) is 0 Å². The first-order chi connectivity index (χ1) is 10.1. The molecule has 1 unspecified atom stereocenters. The Morgan fingerprint density at radius 3 is 1.82 bits per heavy atom. The summed E-state index contributed by atoms with van der Waals surface area (Å²) in [5.74, 6) is -3.63. The monoisotopic (exact) mass is 324 g/mol. The molecule has 0 aliphatic heterocycles. The van der Waals surface area contributed by atoms with E-state index in [2.05, 4.69) is 9.47 Å². The van der Waals surface area contributed by atoms with Gasteiger partial charge in [-0.1, -0.05) is 0 Å². The lowest BCUT2D eigenvalue weighted by Crippen LogP contribution is -2.21. The van der Waals surface area contributed by atoms with Crippen molar-refractivity contribution in [1.29, 1.82) is 0 Å². The minimum Gasteiger partial charge on any atom is -0.481 e.